The molecule has 0 radical (unpaired) electrons. The number of benzene rings is 2. The summed E-state index contributed by atoms with van der Waals surface area (Å²) in [5, 5.41) is 2.92. The minimum Gasteiger partial charge on any atom is -0.369 e. The molecule has 0 aliphatic carbocycles. The Morgan fingerprint density at radius 1 is 1.04 bits per heavy atom. The average molecular weight is 338 g/mol. The fraction of sp³-hybridized carbons (Fsp3) is 0.300. The Balaban J connectivity index is 1.59. The van der Waals surface area contributed by atoms with Crippen molar-refractivity contribution >= 4 is 11.8 Å². The second-order valence-electron chi connectivity index (χ2n) is 6.06. The first-order valence-corrected chi connectivity index (χ1v) is 8.47. The molecule has 5 nitrogen and oxygen atoms in total. The quantitative estimate of drug-likeness (QED) is 0.873. The molecule has 1 atom stereocenters. The Hall–Kier alpha value is -2.66. The van der Waals surface area contributed by atoms with E-state index >= 15 is 0 Å². The first-order valence-electron chi connectivity index (χ1n) is 8.47. The fourth-order valence-corrected chi connectivity index (χ4v) is 2.89. The summed E-state index contributed by atoms with van der Waals surface area (Å²) in [6.07, 6.45) is 0.757. The van der Waals surface area contributed by atoms with Crippen LogP contribution >= 0.6 is 0 Å². The summed E-state index contributed by atoms with van der Waals surface area (Å²) in [6.45, 7) is 1.21. The standard InChI is InChI=1S/C20H22N2O3/c23-19-15-25-14-18(22(19)13-17-9-5-2-6-10-17)20(24)21-12-11-16-7-3-1-4-8-16/h1-10,18H,11-15H2,(H,21,24). The van der Waals surface area contributed by atoms with Crippen LogP contribution in [0.15, 0.2) is 60.7 Å². The molecule has 1 saturated heterocycles. The highest BCUT2D eigenvalue weighted by atomic mass is 16.5. The third-order valence-electron chi connectivity index (χ3n) is 4.25. The summed E-state index contributed by atoms with van der Waals surface area (Å²) in [6, 6.07) is 19.1. The number of morpholine rings is 1. The average Bonchev–Trinajstić information content (AvgIpc) is 2.65. The molecular weight excluding hydrogens is 316 g/mol. The molecule has 1 aliphatic rings. The molecule has 1 N–H and O–H groups in total. The summed E-state index contributed by atoms with van der Waals surface area (Å²) < 4.78 is 5.30. The second-order valence-corrected chi connectivity index (χ2v) is 6.06. The van der Waals surface area contributed by atoms with Crippen molar-refractivity contribution in [2.24, 2.45) is 0 Å². The zero-order chi connectivity index (χ0) is 17.5. The van der Waals surface area contributed by atoms with Crippen molar-refractivity contribution in [2.45, 2.75) is 19.0 Å². The summed E-state index contributed by atoms with van der Waals surface area (Å²) in [5.41, 5.74) is 2.17. The predicted octanol–water partition coefficient (Wildman–Crippen LogP) is 1.77. The molecule has 1 heterocycles. The van der Waals surface area contributed by atoms with Gasteiger partial charge in [0.1, 0.15) is 12.6 Å². The molecule has 130 valence electrons. The lowest BCUT2D eigenvalue weighted by Gasteiger charge is -2.34. The van der Waals surface area contributed by atoms with Crippen LogP contribution in [0.5, 0.6) is 0 Å². The number of hydrogen-bond acceptors (Lipinski definition) is 3. The van der Waals surface area contributed by atoms with Crippen LogP contribution in [-0.2, 0) is 27.3 Å². The largest absolute Gasteiger partial charge is 0.369 e. The molecule has 0 bridgehead atoms. The van der Waals surface area contributed by atoms with E-state index in [1.807, 2.05) is 60.7 Å². The first kappa shape index (κ1) is 17.2. The third-order valence-corrected chi connectivity index (χ3v) is 4.25. The smallest absolute Gasteiger partial charge is 0.249 e. The van der Waals surface area contributed by atoms with Crippen molar-refractivity contribution in [1.29, 1.82) is 0 Å². The Morgan fingerprint density at radius 3 is 2.36 bits per heavy atom. The SMILES string of the molecule is O=C(NCCc1ccccc1)C1COCC(=O)N1Cc1ccccc1. The number of rotatable bonds is 6. The van der Waals surface area contributed by atoms with E-state index in [1.165, 1.54) is 5.56 Å². The van der Waals surface area contributed by atoms with Crippen molar-refractivity contribution in [3.63, 3.8) is 0 Å². The van der Waals surface area contributed by atoms with Gasteiger partial charge in [-0.3, -0.25) is 9.59 Å². The third kappa shape index (κ3) is 4.67. The minimum atomic E-state index is -0.586. The zero-order valence-electron chi connectivity index (χ0n) is 14.1. The van der Waals surface area contributed by atoms with Gasteiger partial charge in [0.05, 0.1) is 6.61 Å². The van der Waals surface area contributed by atoms with Crippen LogP contribution in [0.1, 0.15) is 11.1 Å². The minimum absolute atomic E-state index is 0.0284. The van der Waals surface area contributed by atoms with E-state index in [4.69, 9.17) is 4.74 Å². The van der Waals surface area contributed by atoms with Gasteiger partial charge >= 0.3 is 0 Å². The van der Waals surface area contributed by atoms with Gasteiger partial charge in [0, 0.05) is 13.1 Å². The summed E-state index contributed by atoms with van der Waals surface area (Å²) >= 11 is 0. The van der Waals surface area contributed by atoms with Crippen molar-refractivity contribution in [1.82, 2.24) is 10.2 Å². The van der Waals surface area contributed by atoms with Crippen molar-refractivity contribution in [3.8, 4) is 0 Å². The van der Waals surface area contributed by atoms with E-state index in [0.29, 0.717) is 13.1 Å². The monoisotopic (exact) mass is 338 g/mol. The van der Waals surface area contributed by atoms with Crippen molar-refractivity contribution in [3.05, 3.63) is 71.8 Å². The highest BCUT2D eigenvalue weighted by Gasteiger charge is 2.33. The van der Waals surface area contributed by atoms with Gasteiger partial charge in [0.2, 0.25) is 11.8 Å². The number of hydrogen-bond donors (Lipinski definition) is 1. The number of nitrogens with zero attached hydrogens (tertiary/aromatic N) is 1. The number of carbonyl (C=O) groups is 2. The zero-order valence-corrected chi connectivity index (χ0v) is 14.1. The van der Waals surface area contributed by atoms with E-state index in [-0.39, 0.29) is 25.0 Å². The normalized spacial score (nSPS) is 17.4. The number of ether oxygens (including phenoxy) is 1. The molecule has 0 aromatic heterocycles. The maximum absolute atomic E-state index is 12.5. The highest BCUT2D eigenvalue weighted by molar-refractivity contribution is 5.89. The Bertz CT molecular complexity index is 703. The van der Waals surface area contributed by atoms with Crippen molar-refractivity contribution in [2.75, 3.05) is 19.8 Å². The fourth-order valence-electron chi connectivity index (χ4n) is 2.89. The van der Waals surface area contributed by atoms with E-state index < -0.39 is 6.04 Å². The second kappa shape index (κ2) is 8.44. The number of carbonyl (C=O) groups excluding carboxylic acids is 2. The summed E-state index contributed by atoms with van der Waals surface area (Å²) in [5.74, 6) is -0.321. The van der Waals surface area contributed by atoms with Crippen LogP contribution < -0.4 is 5.32 Å². The molecule has 3 rings (SSSR count). The van der Waals surface area contributed by atoms with Crippen LogP contribution in [-0.4, -0.2) is 42.5 Å². The van der Waals surface area contributed by atoms with Crippen LogP contribution in [0, 0.1) is 0 Å². The van der Waals surface area contributed by atoms with Crippen LogP contribution in [0.2, 0.25) is 0 Å². The lowest BCUT2D eigenvalue weighted by molar-refractivity contribution is -0.155. The van der Waals surface area contributed by atoms with E-state index in [9.17, 15) is 9.59 Å². The van der Waals surface area contributed by atoms with Gasteiger partial charge < -0.3 is 15.0 Å². The maximum Gasteiger partial charge on any atom is 0.249 e. The summed E-state index contributed by atoms with van der Waals surface area (Å²) in [7, 11) is 0. The molecule has 0 spiro atoms. The molecule has 25 heavy (non-hydrogen) atoms. The lowest BCUT2D eigenvalue weighted by Crippen LogP contribution is -2.56. The topological polar surface area (TPSA) is 58.6 Å². The van der Waals surface area contributed by atoms with Crippen LogP contribution in [0.4, 0.5) is 0 Å². The van der Waals surface area contributed by atoms with Gasteiger partial charge in [-0.1, -0.05) is 60.7 Å². The predicted molar refractivity (Wildman–Crippen MR) is 94.8 cm³/mol. The molecular formula is C20H22N2O3. The molecule has 1 fully saturated rings. The Morgan fingerprint density at radius 2 is 1.68 bits per heavy atom. The summed E-state index contributed by atoms with van der Waals surface area (Å²) in [4.78, 5) is 26.4. The van der Waals surface area contributed by atoms with E-state index in [1.54, 1.807) is 4.90 Å². The highest BCUT2D eigenvalue weighted by Crippen LogP contribution is 2.14. The lowest BCUT2D eigenvalue weighted by atomic mass is 10.1. The van der Waals surface area contributed by atoms with Gasteiger partial charge in [0.15, 0.2) is 0 Å². The van der Waals surface area contributed by atoms with E-state index in [2.05, 4.69) is 5.32 Å². The Kier molecular flexibility index (Phi) is 5.80. The van der Waals surface area contributed by atoms with Crippen LogP contribution in [0.25, 0.3) is 0 Å². The number of nitrogens with one attached hydrogen (secondary N) is 1. The van der Waals surface area contributed by atoms with Gasteiger partial charge in [-0.05, 0) is 17.5 Å². The van der Waals surface area contributed by atoms with Gasteiger partial charge in [0.25, 0.3) is 0 Å². The molecule has 5 heteroatoms. The Labute approximate surface area is 147 Å². The van der Waals surface area contributed by atoms with Gasteiger partial charge in [-0.15, -0.1) is 0 Å². The molecule has 2 aromatic carbocycles. The molecule has 0 saturated carbocycles. The van der Waals surface area contributed by atoms with Gasteiger partial charge in [-0.25, -0.2) is 0 Å². The molecule has 2 aromatic rings. The number of amides is 2. The van der Waals surface area contributed by atoms with Crippen LogP contribution in [0.3, 0.4) is 0 Å². The van der Waals surface area contributed by atoms with Crippen molar-refractivity contribution < 1.29 is 14.3 Å². The molecule has 1 aliphatic heterocycles. The molecule has 1 unspecified atom stereocenters. The van der Waals surface area contributed by atoms with Gasteiger partial charge in [-0.2, -0.15) is 0 Å². The van der Waals surface area contributed by atoms with E-state index in [0.717, 1.165) is 12.0 Å². The maximum atomic E-state index is 12.5. The molecule has 2 amide bonds. The first-order chi connectivity index (χ1) is 12.2.